The van der Waals surface area contributed by atoms with E-state index >= 15 is 0 Å². The van der Waals surface area contributed by atoms with Crippen LogP contribution in [0.3, 0.4) is 0 Å². The lowest BCUT2D eigenvalue weighted by Crippen LogP contribution is -2.48. The molecule has 0 bridgehead atoms. The first-order chi connectivity index (χ1) is 18.9. The van der Waals surface area contributed by atoms with Crippen molar-refractivity contribution in [1.82, 2.24) is 24.2 Å². The average molecular weight is 530 g/mol. The van der Waals surface area contributed by atoms with Crippen molar-refractivity contribution in [2.24, 2.45) is 0 Å². The summed E-state index contributed by atoms with van der Waals surface area (Å²) in [5.74, 6) is 0.166. The molecule has 2 aliphatic heterocycles. The third kappa shape index (κ3) is 6.56. The topological polar surface area (TPSA) is 35.0 Å². The molecule has 0 atom stereocenters. The SMILES string of the molecule is CCCN1CCN(C(=O)c2ccc(Cc3ccc4c(c3)c(C)c(C)n4CCCN3CCN(C)CC3)cc2)CC1. The summed E-state index contributed by atoms with van der Waals surface area (Å²) in [7, 11) is 2.22. The van der Waals surface area contributed by atoms with Gasteiger partial charge in [-0.15, -0.1) is 0 Å². The quantitative estimate of drug-likeness (QED) is 0.404. The zero-order chi connectivity index (χ0) is 27.4. The lowest BCUT2D eigenvalue weighted by atomic mass is 10.0. The van der Waals surface area contributed by atoms with Gasteiger partial charge in [0.2, 0.25) is 0 Å². The number of piperazine rings is 2. The maximum Gasteiger partial charge on any atom is 0.253 e. The molecular weight excluding hydrogens is 482 g/mol. The van der Waals surface area contributed by atoms with Gasteiger partial charge in [0, 0.05) is 81.1 Å². The molecule has 0 N–H and O–H groups in total. The summed E-state index contributed by atoms with van der Waals surface area (Å²) in [4.78, 5) is 22.5. The van der Waals surface area contributed by atoms with E-state index in [1.165, 1.54) is 78.9 Å². The molecule has 2 aromatic carbocycles. The normalized spacial score (nSPS) is 17.8. The molecule has 2 aliphatic rings. The van der Waals surface area contributed by atoms with Crippen molar-refractivity contribution in [3.05, 3.63) is 70.4 Å². The Morgan fingerprint density at radius 2 is 1.41 bits per heavy atom. The van der Waals surface area contributed by atoms with E-state index in [-0.39, 0.29) is 5.91 Å². The maximum atomic E-state index is 13.0. The highest BCUT2D eigenvalue weighted by molar-refractivity contribution is 5.94. The van der Waals surface area contributed by atoms with Gasteiger partial charge in [0.15, 0.2) is 0 Å². The first-order valence-corrected chi connectivity index (χ1v) is 15.0. The van der Waals surface area contributed by atoms with Crippen molar-refractivity contribution in [3.8, 4) is 0 Å². The Bertz CT molecular complexity index is 1250. The van der Waals surface area contributed by atoms with Crippen LogP contribution in [-0.4, -0.2) is 103 Å². The van der Waals surface area contributed by atoms with Gasteiger partial charge in [0.25, 0.3) is 5.91 Å². The molecule has 1 aromatic heterocycles. The van der Waals surface area contributed by atoms with Gasteiger partial charge in [0.1, 0.15) is 0 Å². The van der Waals surface area contributed by atoms with Gasteiger partial charge in [0.05, 0.1) is 0 Å². The van der Waals surface area contributed by atoms with Crippen LogP contribution in [0.5, 0.6) is 0 Å². The minimum atomic E-state index is 0.166. The maximum absolute atomic E-state index is 13.0. The molecule has 5 rings (SSSR count). The highest BCUT2D eigenvalue weighted by Crippen LogP contribution is 2.27. The standard InChI is InChI=1S/C33H47N5O/c1-5-13-35-20-22-37(23-21-35)33(39)30-10-7-28(8-11-30)24-29-9-12-32-31(25-29)26(2)27(3)38(32)15-6-14-36-18-16-34(4)17-19-36/h7-12,25H,5-6,13-24H2,1-4H3. The van der Waals surface area contributed by atoms with Crippen molar-refractivity contribution in [3.63, 3.8) is 0 Å². The molecule has 6 heteroatoms. The minimum Gasteiger partial charge on any atom is -0.345 e. The van der Waals surface area contributed by atoms with Crippen LogP contribution in [-0.2, 0) is 13.0 Å². The number of fused-ring (bicyclic) bond motifs is 1. The molecule has 3 aromatic rings. The summed E-state index contributed by atoms with van der Waals surface area (Å²) in [6.07, 6.45) is 3.24. The molecule has 0 spiro atoms. The number of carbonyl (C=O) groups is 1. The van der Waals surface area contributed by atoms with Crippen molar-refractivity contribution in [2.45, 2.75) is 46.6 Å². The number of aryl methyl sites for hydroxylation is 2. The van der Waals surface area contributed by atoms with Crippen LogP contribution < -0.4 is 0 Å². The summed E-state index contributed by atoms with van der Waals surface area (Å²) >= 11 is 0. The predicted molar refractivity (Wildman–Crippen MR) is 162 cm³/mol. The molecular formula is C33H47N5O. The van der Waals surface area contributed by atoms with Gasteiger partial charge in [-0.2, -0.15) is 0 Å². The molecule has 0 unspecified atom stereocenters. The number of rotatable bonds is 9. The first-order valence-electron chi connectivity index (χ1n) is 15.0. The van der Waals surface area contributed by atoms with E-state index in [9.17, 15) is 4.79 Å². The Morgan fingerprint density at radius 1 is 0.769 bits per heavy atom. The molecule has 3 heterocycles. The number of benzene rings is 2. The van der Waals surface area contributed by atoms with Crippen molar-refractivity contribution >= 4 is 16.8 Å². The number of aromatic nitrogens is 1. The van der Waals surface area contributed by atoms with Crippen LogP contribution in [0.1, 0.15) is 52.5 Å². The summed E-state index contributed by atoms with van der Waals surface area (Å²) in [5.41, 5.74) is 7.52. The monoisotopic (exact) mass is 529 g/mol. The van der Waals surface area contributed by atoms with Crippen LogP contribution in [0, 0.1) is 13.8 Å². The van der Waals surface area contributed by atoms with Crippen LogP contribution >= 0.6 is 0 Å². The van der Waals surface area contributed by atoms with Crippen LogP contribution in [0.2, 0.25) is 0 Å². The van der Waals surface area contributed by atoms with Gasteiger partial charge in [-0.25, -0.2) is 0 Å². The molecule has 2 fully saturated rings. The van der Waals surface area contributed by atoms with Gasteiger partial charge in [-0.1, -0.05) is 25.1 Å². The van der Waals surface area contributed by atoms with E-state index in [4.69, 9.17) is 0 Å². The Labute approximate surface area is 235 Å². The summed E-state index contributed by atoms with van der Waals surface area (Å²) < 4.78 is 2.52. The van der Waals surface area contributed by atoms with E-state index in [0.29, 0.717) is 0 Å². The zero-order valence-electron chi connectivity index (χ0n) is 24.6. The first kappa shape index (κ1) is 27.9. The number of amides is 1. The lowest BCUT2D eigenvalue weighted by Gasteiger charge is -2.34. The fourth-order valence-corrected chi connectivity index (χ4v) is 6.29. The lowest BCUT2D eigenvalue weighted by molar-refractivity contribution is 0.0637. The van der Waals surface area contributed by atoms with Gasteiger partial charge in [-0.05, 0) is 94.2 Å². The summed E-state index contributed by atoms with van der Waals surface area (Å²) in [5, 5.41) is 1.37. The number of likely N-dealkylation sites (N-methyl/N-ethyl adjacent to an activating group) is 1. The Hall–Kier alpha value is -2.67. The van der Waals surface area contributed by atoms with E-state index in [1.807, 2.05) is 17.0 Å². The molecule has 6 nitrogen and oxygen atoms in total. The average Bonchev–Trinajstić information content (AvgIpc) is 3.19. The van der Waals surface area contributed by atoms with Crippen molar-refractivity contribution < 1.29 is 4.79 Å². The predicted octanol–water partition coefficient (Wildman–Crippen LogP) is 4.65. The zero-order valence-corrected chi connectivity index (χ0v) is 24.6. The van der Waals surface area contributed by atoms with E-state index < -0.39 is 0 Å². The van der Waals surface area contributed by atoms with E-state index in [0.717, 1.165) is 51.3 Å². The largest absolute Gasteiger partial charge is 0.345 e. The number of nitrogens with zero attached hydrogens (tertiary/aromatic N) is 5. The highest BCUT2D eigenvalue weighted by Gasteiger charge is 2.21. The summed E-state index contributed by atoms with van der Waals surface area (Å²) in [6, 6.07) is 15.3. The second-order valence-corrected chi connectivity index (χ2v) is 11.7. The third-order valence-electron chi connectivity index (χ3n) is 8.96. The van der Waals surface area contributed by atoms with E-state index in [1.54, 1.807) is 0 Å². The second-order valence-electron chi connectivity index (χ2n) is 11.7. The molecule has 210 valence electrons. The molecule has 1 amide bonds. The summed E-state index contributed by atoms with van der Waals surface area (Å²) in [6.45, 7) is 18.5. The highest BCUT2D eigenvalue weighted by atomic mass is 16.2. The Kier molecular flexibility index (Phi) is 9.06. The van der Waals surface area contributed by atoms with Crippen molar-refractivity contribution in [2.75, 3.05) is 72.5 Å². The molecule has 39 heavy (non-hydrogen) atoms. The van der Waals surface area contributed by atoms with Crippen molar-refractivity contribution in [1.29, 1.82) is 0 Å². The molecule has 0 aliphatic carbocycles. The fourth-order valence-electron chi connectivity index (χ4n) is 6.29. The van der Waals surface area contributed by atoms with E-state index in [2.05, 4.69) is 77.4 Å². The van der Waals surface area contributed by atoms with Gasteiger partial charge in [-0.3, -0.25) is 9.69 Å². The van der Waals surface area contributed by atoms with Crippen LogP contribution in [0.4, 0.5) is 0 Å². The number of hydrogen-bond donors (Lipinski definition) is 0. The Morgan fingerprint density at radius 3 is 2.10 bits per heavy atom. The molecule has 2 saturated heterocycles. The third-order valence-corrected chi connectivity index (χ3v) is 8.96. The second kappa shape index (κ2) is 12.7. The molecule has 0 radical (unpaired) electrons. The minimum absolute atomic E-state index is 0.166. The van der Waals surface area contributed by atoms with Gasteiger partial charge < -0.3 is 19.3 Å². The Balaban J connectivity index is 1.20. The number of hydrogen-bond acceptors (Lipinski definition) is 4. The van der Waals surface area contributed by atoms with Gasteiger partial charge >= 0.3 is 0 Å². The van der Waals surface area contributed by atoms with Crippen LogP contribution in [0.15, 0.2) is 42.5 Å². The fraction of sp³-hybridized carbons (Fsp3) is 0.545. The molecule has 0 saturated carbocycles. The van der Waals surface area contributed by atoms with Crippen LogP contribution in [0.25, 0.3) is 10.9 Å². The number of carbonyl (C=O) groups excluding carboxylic acids is 1. The smallest absolute Gasteiger partial charge is 0.253 e.